The van der Waals surface area contributed by atoms with Crippen LogP contribution in [0.4, 0.5) is 4.79 Å². The number of phenols is 1. The summed E-state index contributed by atoms with van der Waals surface area (Å²) < 4.78 is 12.0. The molecule has 43 heavy (non-hydrogen) atoms. The van der Waals surface area contributed by atoms with E-state index in [0.29, 0.717) is 23.8 Å². The molecule has 3 heterocycles. The number of likely N-dealkylation sites (tertiary alicyclic amines) is 1. The van der Waals surface area contributed by atoms with E-state index in [2.05, 4.69) is 38.7 Å². The van der Waals surface area contributed by atoms with E-state index in [1.54, 1.807) is 12.1 Å². The number of amides is 1. The molecule has 2 saturated heterocycles. The fourth-order valence-electron chi connectivity index (χ4n) is 6.07. The Hall–Kier alpha value is -3.44. The minimum Gasteiger partial charge on any atom is -0.506 e. The van der Waals surface area contributed by atoms with Crippen LogP contribution in [0.1, 0.15) is 62.8 Å². The first-order valence-electron chi connectivity index (χ1n) is 15.2. The second kappa shape index (κ2) is 13.1. The number of carbonyl (C=O) groups is 1. The summed E-state index contributed by atoms with van der Waals surface area (Å²) in [5.74, 6) is -0.102. The summed E-state index contributed by atoms with van der Waals surface area (Å²) in [6.07, 6.45) is 0.285. The average molecular weight is 593 g/mol. The molecule has 1 spiro atoms. The number of morpholine rings is 1. The van der Waals surface area contributed by atoms with Gasteiger partial charge in [-0.25, -0.2) is 4.79 Å². The summed E-state index contributed by atoms with van der Waals surface area (Å²) in [5.41, 5.74) is 2.07. The Morgan fingerprint density at radius 3 is 2.63 bits per heavy atom. The summed E-state index contributed by atoms with van der Waals surface area (Å²) in [6.45, 7) is 11.0. The fraction of sp³-hybridized carbons (Fsp3) is 0.515. The van der Waals surface area contributed by atoms with E-state index in [4.69, 9.17) is 9.47 Å². The minimum absolute atomic E-state index is 0.0240. The zero-order valence-electron chi connectivity index (χ0n) is 25.3. The molecule has 0 saturated carbocycles. The molecule has 0 radical (unpaired) electrons. The zero-order valence-corrected chi connectivity index (χ0v) is 25.3. The van der Waals surface area contributed by atoms with Crippen LogP contribution in [0.3, 0.4) is 0 Å². The fourth-order valence-corrected chi connectivity index (χ4v) is 6.07. The van der Waals surface area contributed by atoms with E-state index in [0.717, 1.165) is 57.7 Å². The molecule has 0 bridgehead atoms. The number of ether oxygens (including phenoxy) is 2. The number of piperidine rings is 1. The van der Waals surface area contributed by atoms with Crippen LogP contribution in [0.2, 0.25) is 0 Å². The number of aromatic nitrogens is 1. The number of nitrogens with zero attached hydrogens (tertiary/aromatic N) is 1. The Morgan fingerprint density at radius 1 is 1.14 bits per heavy atom. The average Bonchev–Trinajstić information content (AvgIpc) is 2.96. The van der Waals surface area contributed by atoms with Crippen molar-refractivity contribution < 1.29 is 24.5 Å². The van der Waals surface area contributed by atoms with Gasteiger partial charge in [-0.3, -0.25) is 9.69 Å². The third kappa shape index (κ3) is 7.94. The number of H-pyrrole nitrogens is 1. The number of aromatic amines is 1. The molecular formula is C33H44N4O6. The van der Waals surface area contributed by atoms with Gasteiger partial charge >= 0.3 is 6.09 Å². The summed E-state index contributed by atoms with van der Waals surface area (Å²) in [5, 5.41) is 28.6. The van der Waals surface area contributed by atoms with Crippen molar-refractivity contribution in [2.45, 2.75) is 76.3 Å². The van der Waals surface area contributed by atoms with Crippen LogP contribution in [0.5, 0.6) is 5.75 Å². The van der Waals surface area contributed by atoms with Crippen molar-refractivity contribution >= 4 is 17.0 Å². The molecular weight excluding hydrogens is 548 g/mol. The number of aliphatic hydroxyl groups excluding tert-OH is 1. The van der Waals surface area contributed by atoms with Gasteiger partial charge in [0.05, 0.1) is 17.7 Å². The first-order valence-corrected chi connectivity index (χ1v) is 15.2. The number of carbonyl (C=O) groups excluding carboxylic acids is 1. The van der Waals surface area contributed by atoms with Gasteiger partial charge in [-0.15, -0.1) is 0 Å². The predicted octanol–water partition coefficient (Wildman–Crippen LogP) is 3.75. The quantitative estimate of drug-likeness (QED) is 0.267. The van der Waals surface area contributed by atoms with Crippen molar-refractivity contribution in [3.05, 3.63) is 75.6 Å². The third-order valence-corrected chi connectivity index (χ3v) is 8.33. The van der Waals surface area contributed by atoms with Gasteiger partial charge in [0.2, 0.25) is 5.56 Å². The number of hydrogen-bond acceptors (Lipinski definition) is 8. The standard InChI is InChI=1S/C33H44N4O6/c1-32(2,3)36-31(41)43-27(30(40)25-8-10-26(38)29-24(25)9-12-28(39)35-29)11-7-22-5-4-6-23(19-22)20-37-16-13-33(14-17-37)21-34-15-18-42-33/h4-6,8-10,12,19,27,30,34,38,40H,7,11,13-18,20-21H2,1-3H3,(H,35,39)(H,36,41)/t27-,30-/m1/s1. The number of aryl methyl sites for hydroxylation is 1. The maximum absolute atomic E-state index is 12.8. The van der Waals surface area contributed by atoms with E-state index < -0.39 is 23.8 Å². The second-order valence-corrected chi connectivity index (χ2v) is 12.9. The molecule has 2 aromatic carbocycles. The molecule has 2 atom stereocenters. The number of fused-ring (bicyclic) bond motifs is 1. The molecule has 0 aliphatic carbocycles. The number of phenolic OH excluding ortho intramolecular Hbond substituents is 1. The van der Waals surface area contributed by atoms with Gasteiger partial charge in [0.15, 0.2) is 0 Å². The lowest BCUT2D eigenvalue weighted by Crippen LogP contribution is -2.55. The minimum atomic E-state index is -1.19. The topological polar surface area (TPSA) is 136 Å². The molecule has 2 aliphatic heterocycles. The summed E-state index contributed by atoms with van der Waals surface area (Å²) in [4.78, 5) is 29.8. The van der Waals surface area contributed by atoms with Crippen molar-refractivity contribution in [2.24, 2.45) is 0 Å². The molecule has 232 valence electrons. The molecule has 5 rings (SSSR count). The van der Waals surface area contributed by atoms with Crippen molar-refractivity contribution in [2.75, 3.05) is 32.8 Å². The highest BCUT2D eigenvalue weighted by Crippen LogP contribution is 2.33. The van der Waals surface area contributed by atoms with Crippen molar-refractivity contribution in [3.63, 3.8) is 0 Å². The van der Waals surface area contributed by atoms with Crippen molar-refractivity contribution in [1.82, 2.24) is 20.5 Å². The Bertz CT molecular complexity index is 1470. The number of aliphatic hydroxyl groups is 1. The van der Waals surface area contributed by atoms with Crippen LogP contribution in [0, 0.1) is 0 Å². The highest BCUT2D eigenvalue weighted by atomic mass is 16.6. The Labute approximate surface area is 252 Å². The smallest absolute Gasteiger partial charge is 0.407 e. The third-order valence-electron chi connectivity index (χ3n) is 8.33. The number of alkyl carbamates (subject to hydrolysis) is 1. The molecule has 5 N–H and O–H groups in total. The van der Waals surface area contributed by atoms with Crippen LogP contribution in [-0.2, 0) is 22.4 Å². The second-order valence-electron chi connectivity index (χ2n) is 12.9. The largest absolute Gasteiger partial charge is 0.506 e. The highest BCUT2D eigenvalue weighted by molar-refractivity contribution is 5.87. The molecule has 1 aromatic heterocycles. The van der Waals surface area contributed by atoms with E-state index in [9.17, 15) is 19.8 Å². The van der Waals surface area contributed by atoms with Crippen molar-refractivity contribution in [3.8, 4) is 5.75 Å². The lowest BCUT2D eigenvalue weighted by atomic mass is 9.89. The highest BCUT2D eigenvalue weighted by Gasteiger charge is 2.37. The van der Waals surface area contributed by atoms with Gasteiger partial charge in [0.1, 0.15) is 18.0 Å². The number of pyridine rings is 1. The van der Waals surface area contributed by atoms with Gasteiger partial charge in [0, 0.05) is 49.7 Å². The number of hydrogen-bond donors (Lipinski definition) is 5. The van der Waals surface area contributed by atoms with E-state index >= 15 is 0 Å². The van der Waals surface area contributed by atoms with E-state index in [-0.39, 0.29) is 22.4 Å². The van der Waals surface area contributed by atoms with Crippen LogP contribution < -0.4 is 16.2 Å². The molecule has 10 heteroatoms. The molecule has 2 aliphatic rings. The Kier molecular flexibility index (Phi) is 9.41. The maximum Gasteiger partial charge on any atom is 0.407 e. The number of nitrogens with one attached hydrogen (secondary N) is 3. The van der Waals surface area contributed by atoms with Gasteiger partial charge in [-0.1, -0.05) is 30.3 Å². The van der Waals surface area contributed by atoms with Crippen LogP contribution >= 0.6 is 0 Å². The van der Waals surface area contributed by atoms with Gasteiger partial charge in [0.25, 0.3) is 0 Å². The van der Waals surface area contributed by atoms with Crippen LogP contribution in [-0.4, -0.2) is 76.2 Å². The molecule has 1 amide bonds. The van der Waals surface area contributed by atoms with Gasteiger partial charge in [-0.05, 0) is 75.3 Å². The van der Waals surface area contributed by atoms with E-state index in [1.165, 1.54) is 17.7 Å². The Morgan fingerprint density at radius 2 is 1.91 bits per heavy atom. The lowest BCUT2D eigenvalue weighted by Gasteiger charge is -2.44. The van der Waals surface area contributed by atoms with Crippen LogP contribution in [0.15, 0.2) is 53.3 Å². The lowest BCUT2D eigenvalue weighted by molar-refractivity contribution is -0.100. The Balaban J connectivity index is 1.29. The molecule has 0 unspecified atom stereocenters. The molecule has 2 fully saturated rings. The zero-order chi connectivity index (χ0) is 30.6. The first-order chi connectivity index (χ1) is 20.5. The SMILES string of the molecule is CC(C)(C)NC(=O)O[C@H](CCc1cccc(CN2CCC3(CC2)CNCCO3)c1)[C@H](O)c1ccc(O)c2[nH]c(=O)ccc12. The van der Waals surface area contributed by atoms with Gasteiger partial charge in [-0.2, -0.15) is 0 Å². The predicted molar refractivity (Wildman–Crippen MR) is 165 cm³/mol. The van der Waals surface area contributed by atoms with Gasteiger partial charge < -0.3 is 35.3 Å². The van der Waals surface area contributed by atoms with E-state index in [1.807, 2.05) is 26.8 Å². The maximum atomic E-state index is 12.8. The number of rotatable bonds is 8. The number of aromatic hydroxyl groups is 1. The van der Waals surface area contributed by atoms with Crippen molar-refractivity contribution in [1.29, 1.82) is 0 Å². The summed E-state index contributed by atoms with van der Waals surface area (Å²) >= 11 is 0. The normalized spacial score (nSPS) is 18.8. The number of benzene rings is 2. The summed E-state index contributed by atoms with van der Waals surface area (Å²) in [7, 11) is 0. The van der Waals surface area contributed by atoms with Crippen LogP contribution in [0.25, 0.3) is 10.9 Å². The first kappa shape index (κ1) is 31.0. The molecule has 10 nitrogen and oxygen atoms in total. The molecule has 3 aromatic rings. The monoisotopic (exact) mass is 592 g/mol. The summed E-state index contributed by atoms with van der Waals surface area (Å²) in [6, 6.07) is 14.3.